The molecule has 0 atom stereocenters. The quantitative estimate of drug-likeness (QED) is 0.554. The molecule has 0 aliphatic carbocycles. The van der Waals surface area contributed by atoms with E-state index in [2.05, 4.69) is 5.32 Å². The molecule has 1 aliphatic heterocycles. The van der Waals surface area contributed by atoms with E-state index in [4.69, 9.17) is 0 Å². The molecule has 0 spiro atoms. The molecule has 148 valence electrons. The van der Waals surface area contributed by atoms with Gasteiger partial charge in [0.25, 0.3) is 5.69 Å². The van der Waals surface area contributed by atoms with Gasteiger partial charge in [0, 0.05) is 17.5 Å². The molecule has 2 aromatic rings. The summed E-state index contributed by atoms with van der Waals surface area (Å²) in [6, 6.07) is 6.70. The van der Waals surface area contributed by atoms with E-state index in [1.54, 1.807) is 11.0 Å². The molecule has 2 heterocycles. The van der Waals surface area contributed by atoms with Gasteiger partial charge >= 0.3 is 0 Å². The van der Waals surface area contributed by atoms with Gasteiger partial charge in [-0.1, -0.05) is 19.4 Å². The third-order valence-corrected chi connectivity index (χ3v) is 5.86. The minimum Gasteiger partial charge on any atom is -0.320 e. The fraction of sp³-hybridized carbons (Fsp3) is 0.400. The van der Waals surface area contributed by atoms with Crippen LogP contribution in [0.1, 0.15) is 44.1 Å². The Morgan fingerprint density at radius 2 is 2.11 bits per heavy atom. The normalized spacial score (nSPS) is 14.8. The lowest BCUT2D eigenvalue weighted by molar-refractivity contribution is -0.383. The highest BCUT2D eigenvalue weighted by Crippen LogP contribution is 2.46. The van der Waals surface area contributed by atoms with Crippen molar-refractivity contribution in [3.8, 4) is 0 Å². The lowest BCUT2D eigenvalue weighted by atomic mass is 9.85. The molecule has 0 unspecified atom stereocenters. The van der Waals surface area contributed by atoms with Crippen molar-refractivity contribution in [2.75, 3.05) is 16.8 Å². The van der Waals surface area contributed by atoms with E-state index in [0.717, 1.165) is 17.7 Å². The number of unbranched alkanes of at least 4 members (excludes halogenated alkanes) is 1. The number of anilines is 2. The second kappa shape index (κ2) is 7.71. The van der Waals surface area contributed by atoms with Crippen LogP contribution in [0.25, 0.3) is 0 Å². The monoisotopic (exact) mass is 401 g/mol. The largest absolute Gasteiger partial charge is 0.320 e. The van der Waals surface area contributed by atoms with Crippen LogP contribution in [0.3, 0.4) is 0 Å². The maximum atomic E-state index is 12.9. The molecule has 0 radical (unpaired) electrons. The first kappa shape index (κ1) is 20.0. The second-order valence-electron chi connectivity index (χ2n) is 7.38. The molecule has 0 saturated carbocycles. The van der Waals surface area contributed by atoms with Crippen molar-refractivity contribution in [1.82, 2.24) is 0 Å². The molecule has 2 amide bonds. The predicted molar refractivity (Wildman–Crippen MR) is 110 cm³/mol. The standard InChI is InChI=1S/C20H23N3O4S/c1-4-5-8-22-16-12-17(23(26)27)15(11-14(16)20(2,3)19(22)25)21-18(24)10-13-7-6-9-28-13/h6-7,9,11-12H,4-5,8,10H2,1-3H3,(H,21,24). The molecule has 1 aromatic carbocycles. The molecule has 28 heavy (non-hydrogen) atoms. The Bertz CT molecular complexity index is 922. The number of nitro groups is 1. The van der Waals surface area contributed by atoms with Gasteiger partial charge in [-0.3, -0.25) is 19.7 Å². The number of nitrogens with one attached hydrogen (secondary N) is 1. The minimum atomic E-state index is -0.800. The first-order valence-electron chi connectivity index (χ1n) is 9.22. The number of nitrogens with zero attached hydrogens (tertiary/aromatic N) is 2. The molecule has 0 saturated heterocycles. The van der Waals surface area contributed by atoms with Crippen LogP contribution in [0.5, 0.6) is 0 Å². The Hall–Kier alpha value is -2.74. The molecule has 8 heteroatoms. The Balaban J connectivity index is 1.98. The van der Waals surface area contributed by atoms with Crippen LogP contribution in [0.15, 0.2) is 29.6 Å². The summed E-state index contributed by atoms with van der Waals surface area (Å²) in [5.41, 5.74) is 0.386. The van der Waals surface area contributed by atoms with Gasteiger partial charge in [0.15, 0.2) is 0 Å². The molecule has 7 nitrogen and oxygen atoms in total. The number of thiophene rings is 1. The molecular weight excluding hydrogens is 378 g/mol. The van der Waals surface area contributed by atoms with Gasteiger partial charge in [-0.2, -0.15) is 0 Å². The van der Waals surface area contributed by atoms with E-state index in [9.17, 15) is 19.7 Å². The van der Waals surface area contributed by atoms with Crippen LogP contribution < -0.4 is 10.2 Å². The number of nitro benzene ring substituents is 1. The first-order chi connectivity index (χ1) is 13.3. The zero-order valence-corrected chi connectivity index (χ0v) is 17.0. The summed E-state index contributed by atoms with van der Waals surface area (Å²) in [4.78, 5) is 38.9. The number of hydrogen-bond acceptors (Lipinski definition) is 5. The van der Waals surface area contributed by atoms with Crippen LogP contribution in [0.2, 0.25) is 0 Å². The number of fused-ring (bicyclic) bond motifs is 1. The molecule has 1 aliphatic rings. The first-order valence-corrected chi connectivity index (χ1v) is 10.1. The highest BCUT2D eigenvalue weighted by molar-refractivity contribution is 7.10. The second-order valence-corrected chi connectivity index (χ2v) is 8.42. The maximum Gasteiger partial charge on any atom is 0.294 e. The van der Waals surface area contributed by atoms with Gasteiger partial charge in [-0.25, -0.2) is 0 Å². The van der Waals surface area contributed by atoms with Crippen LogP contribution in [0, 0.1) is 10.1 Å². The number of rotatable bonds is 7. The molecule has 3 rings (SSSR count). The maximum absolute atomic E-state index is 12.9. The third kappa shape index (κ3) is 3.64. The summed E-state index contributed by atoms with van der Waals surface area (Å²) in [6.45, 7) is 6.17. The van der Waals surface area contributed by atoms with Crippen molar-refractivity contribution >= 4 is 40.2 Å². The Morgan fingerprint density at radius 3 is 2.71 bits per heavy atom. The van der Waals surface area contributed by atoms with E-state index in [0.29, 0.717) is 17.8 Å². The molecule has 0 fully saturated rings. The fourth-order valence-electron chi connectivity index (χ4n) is 3.42. The molecule has 0 bridgehead atoms. The van der Waals surface area contributed by atoms with Crippen molar-refractivity contribution in [2.45, 2.75) is 45.4 Å². The van der Waals surface area contributed by atoms with Gasteiger partial charge in [0.05, 0.1) is 22.4 Å². The summed E-state index contributed by atoms with van der Waals surface area (Å²) >= 11 is 1.45. The van der Waals surface area contributed by atoms with Crippen molar-refractivity contribution in [3.63, 3.8) is 0 Å². The van der Waals surface area contributed by atoms with Crippen molar-refractivity contribution in [3.05, 3.63) is 50.2 Å². The van der Waals surface area contributed by atoms with E-state index in [-0.39, 0.29) is 29.6 Å². The minimum absolute atomic E-state index is 0.0766. The van der Waals surface area contributed by atoms with E-state index in [1.165, 1.54) is 17.4 Å². The average molecular weight is 401 g/mol. The number of amides is 2. The van der Waals surface area contributed by atoms with Gasteiger partial charge in [-0.15, -0.1) is 11.3 Å². The highest BCUT2D eigenvalue weighted by Gasteiger charge is 2.45. The Labute approximate surface area is 167 Å². The van der Waals surface area contributed by atoms with Crippen molar-refractivity contribution in [2.24, 2.45) is 0 Å². The van der Waals surface area contributed by atoms with Gasteiger partial charge in [0.2, 0.25) is 11.8 Å². The Kier molecular flexibility index (Phi) is 5.51. The summed E-state index contributed by atoms with van der Waals surface area (Å²) < 4.78 is 0. The smallest absolute Gasteiger partial charge is 0.294 e. The molecule has 1 N–H and O–H groups in total. The topological polar surface area (TPSA) is 92.6 Å². The Morgan fingerprint density at radius 1 is 1.36 bits per heavy atom. The van der Waals surface area contributed by atoms with Crippen molar-refractivity contribution < 1.29 is 14.5 Å². The number of benzene rings is 1. The van der Waals surface area contributed by atoms with E-state index < -0.39 is 10.3 Å². The summed E-state index contributed by atoms with van der Waals surface area (Å²) in [5.74, 6) is -0.400. The number of carbonyl (C=O) groups excluding carboxylic acids is 2. The SMILES string of the molecule is CCCCN1C(=O)C(C)(C)c2cc(NC(=O)Cc3cccs3)c([N+](=O)[O-])cc21. The summed E-state index contributed by atoms with van der Waals surface area (Å²) in [5, 5.41) is 16.2. The molecular formula is C20H23N3O4S. The van der Waals surface area contributed by atoms with Crippen molar-refractivity contribution in [1.29, 1.82) is 0 Å². The zero-order valence-electron chi connectivity index (χ0n) is 16.2. The number of carbonyl (C=O) groups is 2. The van der Waals surface area contributed by atoms with Gasteiger partial charge in [0.1, 0.15) is 5.69 Å². The van der Waals surface area contributed by atoms with Crippen LogP contribution in [-0.2, 0) is 21.4 Å². The van der Waals surface area contributed by atoms with E-state index >= 15 is 0 Å². The van der Waals surface area contributed by atoms with Gasteiger partial charge in [-0.05, 0) is 43.3 Å². The highest BCUT2D eigenvalue weighted by atomic mass is 32.1. The predicted octanol–water partition coefficient (Wildman–Crippen LogP) is 4.26. The fourth-order valence-corrected chi connectivity index (χ4v) is 4.12. The lowest BCUT2D eigenvalue weighted by Crippen LogP contribution is -2.36. The zero-order chi connectivity index (χ0) is 20.5. The summed E-state index contributed by atoms with van der Waals surface area (Å²) in [6.07, 6.45) is 1.88. The van der Waals surface area contributed by atoms with Gasteiger partial charge < -0.3 is 10.2 Å². The van der Waals surface area contributed by atoms with Crippen LogP contribution >= 0.6 is 11.3 Å². The summed E-state index contributed by atoms with van der Waals surface area (Å²) in [7, 11) is 0. The molecule has 1 aromatic heterocycles. The lowest BCUT2D eigenvalue weighted by Gasteiger charge is -2.19. The van der Waals surface area contributed by atoms with E-state index in [1.807, 2.05) is 38.3 Å². The van der Waals surface area contributed by atoms with Crippen LogP contribution in [-0.4, -0.2) is 23.3 Å². The average Bonchev–Trinajstić information content (AvgIpc) is 3.19. The van der Waals surface area contributed by atoms with Crippen LogP contribution in [0.4, 0.5) is 17.1 Å². The number of hydrogen-bond donors (Lipinski definition) is 1. The third-order valence-electron chi connectivity index (χ3n) is 4.98.